The lowest BCUT2D eigenvalue weighted by atomic mass is 10.2. The van der Waals surface area contributed by atoms with Crippen molar-refractivity contribution in [1.82, 2.24) is 15.0 Å². The number of thiazole rings is 1. The van der Waals surface area contributed by atoms with Gasteiger partial charge in [0.05, 0.1) is 33.6 Å². The molecule has 27 heavy (non-hydrogen) atoms. The van der Waals surface area contributed by atoms with E-state index < -0.39 is 0 Å². The second-order valence-corrected chi connectivity index (χ2v) is 7.98. The molecule has 0 spiro atoms. The van der Waals surface area contributed by atoms with E-state index in [1.165, 1.54) is 28.7 Å². The third-order valence-electron chi connectivity index (χ3n) is 3.87. The smallest absolute Gasteiger partial charge is 0.236 e. The monoisotopic (exact) mass is 398 g/mol. The number of fused-ring (bicyclic) bond motifs is 2. The zero-order valence-corrected chi connectivity index (χ0v) is 16.5. The number of carbonyl (C=O) groups is 1. The molecular weight excluding hydrogens is 380 g/mol. The van der Waals surface area contributed by atoms with E-state index in [0.717, 1.165) is 32.2 Å². The molecule has 2 N–H and O–H groups in total. The van der Waals surface area contributed by atoms with Gasteiger partial charge in [0.2, 0.25) is 5.91 Å². The number of ether oxygens (including phenoxy) is 1. The average molecular weight is 399 g/mol. The van der Waals surface area contributed by atoms with Crippen LogP contribution in [0.4, 0.5) is 5.13 Å². The standard InChI is InChI=1S/C19H18N4O2S2/c1-3-25-12-5-7-14-16(9-12)27-19(21-14)23-17(24)10-26-18-20-13-6-4-11(2)8-15(13)22-18/h4-9H,3,10H2,1-2H3,(H,20,22)(H,21,23,24). The lowest BCUT2D eigenvalue weighted by Crippen LogP contribution is -2.13. The molecule has 0 atom stereocenters. The molecule has 0 aliphatic carbocycles. The predicted molar refractivity (Wildman–Crippen MR) is 111 cm³/mol. The number of nitrogens with one attached hydrogen (secondary N) is 2. The Balaban J connectivity index is 1.40. The van der Waals surface area contributed by atoms with Crippen LogP contribution in [0.2, 0.25) is 0 Å². The summed E-state index contributed by atoms with van der Waals surface area (Å²) < 4.78 is 6.48. The second-order valence-electron chi connectivity index (χ2n) is 5.98. The fourth-order valence-corrected chi connectivity index (χ4v) is 4.27. The van der Waals surface area contributed by atoms with Crippen molar-refractivity contribution in [1.29, 1.82) is 0 Å². The molecular formula is C19H18N4O2S2. The first-order valence-electron chi connectivity index (χ1n) is 8.53. The van der Waals surface area contributed by atoms with Gasteiger partial charge in [0.15, 0.2) is 10.3 Å². The van der Waals surface area contributed by atoms with Gasteiger partial charge in [-0.3, -0.25) is 4.79 Å². The fourth-order valence-electron chi connectivity index (χ4n) is 2.67. The topological polar surface area (TPSA) is 79.9 Å². The predicted octanol–water partition coefficient (Wildman–Crippen LogP) is 4.61. The maximum absolute atomic E-state index is 12.3. The van der Waals surface area contributed by atoms with Crippen molar-refractivity contribution < 1.29 is 9.53 Å². The van der Waals surface area contributed by atoms with Gasteiger partial charge in [-0.2, -0.15) is 0 Å². The summed E-state index contributed by atoms with van der Waals surface area (Å²) in [6, 6.07) is 11.8. The number of hydrogen-bond donors (Lipinski definition) is 2. The van der Waals surface area contributed by atoms with E-state index in [-0.39, 0.29) is 11.7 Å². The van der Waals surface area contributed by atoms with Gasteiger partial charge in [-0.05, 0) is 49.7 Å². The van der Waals surface area contributed by atoms with Gasteiger partial charge >= 0.3 is 0 Å². The Bertz CT molecular complexity index is 1120. The number of nitrogens with zero attached hydrogens (tertiary/aromatic N) is 2. The van der Waals surface area contributed by atoms with Crippen molar-refractivity contribution >= 4 is 55.4 Å². The van der Waals surface area contributed by atoms with E-state index in [4.69, 9.17) is 4.74 Å². The minimum Gasteiger partial charge on any atom is -0.494 e. The molecule has 4 rings (SSSR count). The minimum atomic E-state index is -0.110. The van der Waals surface area contributed by atoms with E-state index >= 15 is 0 Å². The number of aryl methyl sites for hydroxylation is 1. The Hall–Kier alpha value is -2.58. The summed E-state index contributed by atoms with van der Waals surface area (Å²) in [5, 5.41) is 4.18. The van der Waals surface area contributed by atoms with Crippen LogP contribution in [0.25, 0.3) is 21.3 Å². The number of thioether (sulfide) groups is 1. The summed E-state index contributed by atoms with van der Waals surface area (Å²) in [5.74, 6) is 0.960. The zero-order valence-electron chi connectivity index (χ0n) is 14.9. The van der Waals surface area contributed by atoms with Crippen LogP contribution >= 0.6 is 23.1 Å². The first-order chi connectivity index (χ1) is 13.1. The number of carbonyl (C=O) groups excluding carboxylic acids is 1. The van der Waals surface area contributed by atoms with Crippen molar-refractivity contribution in [2.24, 2.45) is 0 Å². The Labute approximate surface area is 164 Å². The molecule has 0 aliphatic heterocycles. The Kier molecular flexibility index (Phi) is 5.00. The van der Waals surface area contributed by atoms with Crippen LogP contribution < -0.4 is 10.1 Å². The number of H-pyrrole nitrogens is 1. The summed E-state index contributed by atoms with van der Waals surface area (Å²) in [7, 11) is 0. The van der Waals surface area contributed by atoms with Gasteiger partial charge in [-0.25, -0.2) is 9.97 Å². The lowest BCUT2D eigenvalue weighted by molar-refractivity contribution is -0.113. The highest BCUT2D eigenvalue weighted by molar-refractivity contribution is 7.99. The number of rotatable bonds is 6. The SMILES string of the molecule is CCOc1ccc2nc(NC(=O)CSc3nc4ccc(C)cc4[nH]3)sc2c1. The molecule has 0 fully saturated rings. The van der Waals surface area contributed by atoms with E-state index in [0.29, 0.717) is 11.7 Å². The molecule has 0 bridgehead atoms. The van der Waals surface area contributed by atoms with Crippen molar-refractivity contribution in [3.63, 3.8) is 0 Å². The largest absolute Gasteiger partial charge is 0.494 e. The summed E-state index contributed by atoms with van der Waals surface area (Å²) in [5.41, 5.74) is 3.90. The Morgan fingerprint density at radius 1 is 1.22 bits per heavy atom. The number of amides is 1. The quantitative estimate of drug-likeness (QED) is 0.464. The number of aromatic nitrogens is 3. The highest BCUT2D eigenvalue weighted by Gasteiger charge is 2.11. The molecule has 0 unspecified atom stereocenters. The molecule has 0 saturated heterocycles. The molecule has 2 heterocycles. The average Bonchev–Trinajstić information content (AvgIpc) is 3.22. The summed E-state index contributed by atoms with van der Waals surface area (Å²) in [6.07, 6.45) is 0. The maximum Gasteiger partial charge on any atom is 0.236 e. The number of aromatic amines is 1. The normalized spacial score (nSPS) is 11.2. The van der Waals surface area contributed by atoms with Crippen molar-refractivity contribution in [3.8, 4) is 5.75 Å². The van der Waals surface area contributed by atoms with Gasteiger partial charge in [0, 0.05) is 0 Å². The molecule has 0 aliphatic rings. The van der Waals surface area contributed by atoms with E-state index in [1.807, 2.05) is 50.2 Å². The highest BCUT2D eigenvalue weighted by Crippen LogP contribution is 2.29. The Morgan fingerprint density at radius 2 is 2.07 bits per heavy atom. The number of hydrogen-bond acceptors (Lipinski definition) is 6. The van der Waals surface area contributed by atoms with Crippen LogP contribution in [0.5, 0.6) is 5.75 Å². The molecule has 4 aromatic rings. The first kappa shape index (κ1) is 17.8. The maximum atomic E-state index is 12.3. The van der Waals surface area contributed by atoms with Crippen LogP contribution in [0.3, 0.4) is 0 Å². The van der Waals surface area contributed by atoms with Crippen molar-refractivity contribution in [2.45, 2.75) is 19.0 Å². The molecule has 0 saturated carbocycles. The van der Waals surface area contributed by atoms with Gasteiger partial charge in [0.1, 0.15) is 5.75 Å². The van der Waals surface area contributed by atoms with Crippen molar-refractivity contribution in [2.75, 3.05) is 17.7 Å². The molecule has 1 amide bonds. The molecule has 2 aromatic carbocycles. The van der Waals surface area contributed by atoms with Crippen LogP contribution in [0.1, 0.15) is 12.5 Å². The number of benzene rings is 2. The van der Waals surface area contributed by atoms with Crippen LogP contribution in [0, 0.1) is 6.92 Å². The van der Waals surface area contributed by atoms with Gasteiger partial charge in [-0.1, -0.05) is 29.2 Å². The summed E-state index contributed by atoms with van der Waals surface area (Å²) in [4.78, 5) is 24.5. The van der Waals surface area contributed by atoms with E-state index in [9.17, 15) is 4.79 Å². The van der Waals surface area contributed by atoms with Crippen LogP contribution in [-0.2, 0) is 4.79 Å². The fraction of sp³-hybridized carbons (Fsp3) is 0.211. The molecule has 2 aromatic heterocycles. The van der Waals surface area contributed by atoms with Crippen molar-refractivity contribution in [3.05, 3.63) is 42.0 Å². The molecule has 6 nitrogen and oxygen atoms in total. The third-order valence-corrected chi connectivity index (χ3v) is 5.68. The van der Waals surface area contributed by atoms with Gasteiger partial charge in [-0.15, -0.1) is 0 Å². The van der Waals surface area contributed by atoms with E-state index in [2.05, 4.69) is 20.3 Å². The van der Waals surface area contributed by atoms with Gasteiger partial charge in [0.25, 0.3) is 0 Å². The van der Waals surface area contributed by atoms with E-state index in [1.54, 1.807) is 0 Å². The molecule has 138 valence electrons. The summed E-state index contributed by atoms with van der Waals surface area (Å²) in [6.45, 7) is 4.60. The third kappa shape index (κ3) is 4.06. The minimum absolute atomic E-state index is 0.110. The summed E-state index contributed by atoms with van der Waals surface area (Å²) >= 11 is 2.81. The Morgan fingerprint density at radius 3 is 2.93 bits per heavy atom. The highest BCUT2D eigenvalue weighted by atomic mass is 32.2. The van der Waals surface area contributed by atoms with Crippen LogP contribution in [-0.4, -0.2) is 33.2 Å². The first-order valence-corrected chi connectivity index (χ1v) is 10.3. The molecule has 8 heteroatoms. The van der Waals surface area contributed by atoms with Gasteiger partial charge < -0.3 is 15.0 Å². The molecule has 0 radical (unpaired) electrons. The lowest BCUT2D eigenvalue weighted by Gasteiger charge is -2.00. The number of anilines is 1. The van der Waals surface area contributed by atoms with Crippen LogP contribution in [0.15, 0.2) is 41.6 Å². The zero-order chi connectivity index (χ0) is 18.8. The number of imidazole rings is 1. The second kappa shape index (κ2) is 7.58.